The van der Waals surface area contributed by atoms with Crippen molar-refractivity contribution in [2.24, 2.45) is 0 Å². The van der Waals surface area contributed by atoms with Crippen LogP contribution in [0.4, 0.5) is 0 Å². The van der Waals surface area contributed by atoms with Crippen molar-refractivity contribution in [1.29, 1.82) is 0 Å². The SMILES string of the molecule is C#CC1(CCO)CCC(=O)O1.C#CC1(O)CCC(=O)CC1. The summed E-state index contributed by atoms with van der Waals surface area (Å²) in [5, 5.41) is 18.0. The minimum atomic E-state index is -0.992. The molecule has 1 saturated heterocycles. The van der Waals surface area contributed by atoms with Crippen molar-refractivity contribution in [3.8, 4) is 24.7 Å². The molecule has 0 spiro atoms. The normalized spacial score (nSPS) is 26.9. The van der Waals surface area contributed by atoms with Crippen molar-refractivity contribution >= 4 is 11.8 Å². The summed E-state index contributed by atoms with van der Waals surface area (Å²) in [6.07, 6.45) is 13.2. The number of Topliss-reactive ketones (excluding diaryl/α,β-unsaturated/α-hetero) is 1. The van der Waals surface area contributed by atoms with Gasteiger partial charge in [0.1, 0.15) is 11.4 Å². The molecule has 2 N–H and O–H groups in total. The van der Waals surface area contributed by atoms with E-state index in [1.54, 1.807) is 0 Å². The molecular weight excluding hydrogens is 272 g/mol. The number of aliphatic hydroxyl groups is 2. The Morgan fingerprint density at radius 1 is 1.10 bits per heavy atom. The minimum Gasteiger partial charge on any atom is -0.446 e. The number of rotatable bonds is 2. The number of carbonyl (C=O) groups excluding carboxylic acids is 2. The summed E-state index contributed by atoms with van der Waals surface area (Å²) in [6.45, 7) is -0.0442. The molecule has 0 aromatic carbocycles. The van der Waals surface area contributed by atoms with Gasteiger partial charge in [-0.05, 0) is 12.8 Å². The summed E-state index contributed by atoms with van der Waals surface area (Å²) in [5.74, 6) is 4.65. The molecule has 2 aliphatic rings. The van der Waals surface area contributed by atoms with E-state index < -0.39 is 11.2 Å². The van der Waals surface area contributed by atoms with E-state index >= 15 is 0 Å². The van der Waals surface area contributed by atoms with Crippen LogP contribution < -0.4 is 0 Å². The van der Waals surface area contributed by atoms with Crippen LogP contribution in [0, 0.1) is 24.7 Å². The molecule has 1 unspecified atom stereocenters. The maximum atomic E-state index is 10.7. The van der Waals surface area contributed by atoms with E-state index in [9.17, 15) is 14.7 Å². The lowest BCUT2D eigenvalue weighted by atomic mass is 9.85. The molecule has 0 aromatic rings. The largest absolute Gasteiger partial charge is 0.446 e. The molecule has 21 heavy (non-hydrogen) atoms. The van der Waals surface area contributed by atoms with Crippen LogP contribution in [-0.2, 0) is 14.3 Å². The van der Waals surface area contributed by atoms with Gasteiger partial charge in [0, 0.05) is 32.3 Å². The summed E-state index contributed by atoms with van der Waals surface area (Å²) in [4.78, 5) is 21.4. The zero-order valence-electron chi connectivity index (χ0n) is 11.9. The van der Waals surface area contributed by atoms with E-state index in [0.29, 0.717) is 44.9 Å². The third kappa shape index (κ3) is 4.90. The standard InChI is InChI=1S/C8H10O3.C8H10O2/c1-2-8(5-6-9)4-3-7(10)11-8;1-2-8(10)5-3-7(9)4-6-8/h1,9H,3-6H2;1,10H,3-6H2. The molecule has 0 bridgehead atoms. The van der Waals surface area contributed by atoms with Crippen LogP contribution in [0.1, 0.15) is 44.9 Å². The van der Waals surface area contributed by atoms with Crippen LogP contribution in [0.2, 0.25) is 0 Å². The second-order valence-corrected chi connectivity index (χ2v) is 5.30. The first-order chi connectivity index (χ1) is 9.88. The predicted octanol–water partition coefficient (Wildman–Crippen LogP) is 0.572. The van der Waals surface area contributed by atoms with Crippen molar-refractivity contribution in [3.05, 3.63) is 0 Å². The van der Waals surface area contributed by atoms with Crippen molar-refractivity contribution < 1.29 is 24.5 Å². The van der Waals surface area contributed by atoms with Gasteiger partial charge in [-0.25, -0.2) is 0 Å². The maximum absolute atomic E-state index is 10.7. The Hall–Kier alpha value is -1.82. The number of ether oxygens (including phenoxy) is 1. The van der Waals surface area contributed by atoms with Crippen LogP contribution in [-0.4, -0.2) is 39.8 Å². The van der Waals surface area contributed by atoms with Crippen molar-refractivity contribution in [1.82, 2.24) is 0 Å². The minimum absolute atomic E-state index is 0.0442. The molecule has 2 fully saturated rings. The van der Waals surface area contributed by atoms with E-state index in [0.717, 1.165) is 0 Å². The molecule has 5 heteroatoms. The van der Waals surface area contributed by atoms with E-state index in [1.165, 1.54) is 0 Å². The van der Waals surface area contributed by atoms with Crippen molar-refractivity contribution in [2.75, 3.05) is 6.61 Å². The predicted molar refractivity (Wildman–Crippen MR) is 75.9 cm³/mol. The summed E-state index contributed by atoms with van der Waals surface area (Å²) in [7, 11) is 0. The van der Waals surface area contributed by atoms with Gasteiger partial charge in [0.25, 0.3) is 0 Å². The Morgan fingerprint density at radius 2 is 1.71 bits per heavy atom. The third-order valence-corrected chi connectivity index (χ3v) is 3.72. The van der Waals surface area contributed by atoms with Gasteiger partial charge in [0.2, 0.25) is 0 Å². The zero-order chi connectivity index (χ0) is 15.9. The Morgan fingerprint density at radius 3 is 2.10 bits per heavy atom. The van der Waals surface area contributed by atoms with E-state index in [1.807, 2.05) is 0 Å². The van der Waals surface area contributed by atoms with Gasteiger partial charge in [-0.2, -0.15) is 0 Å². The molecule has 5 nitrogen and oxygen atoms in total. The number of cyclic esters (lactones) is 1. The molecule has 1 aliphatic carbocycles. The number of terminal acetylenes is 2. The lowest BCUT2D eigenvalue weighted by Crippen LogP contribution is -2.32. The first-order valence-corrected chi connectivity index (χ1v) is 6.91. The second-order valence-electron chi connectivity index (χ2n) is 5.30. The van der Waals surface area contributed by atoms with Crippen molar-refractivity contribution in [3.63, 3.8) is 0 Å². The summed E-state index contributed by atoms with van der Waals surface area (Å²) >= 11 is 0. The Kier molecular flexibility index (Phi) is 5.96. The fourth-order valence-electron chi connectivity index (χ4n) is 2.24. The maximum Gasteiger partial charge on any atom is 0.307 e. The van der Waals surface area contributed by atoms with E-state index in [4.69, 9.17) is 22.7 Å². The van der Waals surface area contributed by atoms with Gasteiger partial charge < -0.3 is 14.9 Å². The molecule has 1 atom stereocenters. The topological polar surface area (TPSA) is 83.8 Å². The van der Waals surface area contributed by atoms with Crippen LogP contribution in [0.15, 0.2) is 0 Å². The summed E-state index contributed by atoms with van der Waals surface area (Å²) in [5.41, 5.74) is -1.81. The average Bonchev–Trinajstić information content (AvgIpc) is 2.85. The van der Waals surface area contributed by atoms with E-state index in [-0.39, 0.29) is 18.4 Å². The number of aliphatic hydroxyl groups excluding tert-OH is 1. The smallest absolute Gasteiger partial charge is 0.307 e. The second kappa shape index (κ2) is 7.26. The highest BCUT2D eigenvalue weighted by Crippen LogP contribution is 2.28. The number of hydrogen-bond donors (Lipinski definition) is 2. The first kappa shape index (κ1) is 17.2. The van der Waals surface area contributed by atoms with Gasteiger partial charge >= 0.3 is 5.97 Å². The molecule has 114 valence electrons. The Bertz CT molecular complexity index is 472. The number of ketones is 1. The van der Waals surface area contributed by atoms with Crippen LogP contribution >= 0.6 is 0 Å². The van der Waals surface area contributed by atoms with Gasteiger partial charge in [0.05, 0.1) is 6.42 Å². The highest BCUT2D eigenvalue weighted by Gasteiger charge is 2.37. The summed E-state index contributed by atoms with van der Waals surface area (Å²) < 4.78 is 4.90. The van der Waals surface area contributed by atoms with Gasteiger partial charge in [-0.1, -0.05) is 11.8 Å². The van der Waals surface area contributed by atoms with Gasteiger partial charge in [-0.15, -0.1) is 12.8 Å². The Balaban J connectivity index is 0.000000211. The molecule has 1 saturated carbocycles. The number of carbonyl (C=O) groups is 2. The summed E-state index contributed by atoms with van der Waals surface area (Å²) in [6, 6.07) is 0. The molecular formula is C16H20O5. The van der Waals surface area contributed by atoms with Crippen LogP contribution in [0.5, 0.6) is 0 Å². The van der Waals surface area contributed by atoms with Crippen molar-refractivity contribution in [2.45, 2.75) is 56.1 Å². The van der Waals surface area contributed by atoms with Gasteiger partial charge in [-0.3, -0.25) is 9.59 Å². The number of esters is 1. The molecule has 1 aliphatic heterocycles. The molecule has 0 radical (unpaired) electrons. The molecule has 2 rings (SSSR count). The third-order valence-electron chi connectivity index (χ3n) is 3.72. The zero-order valence-corrected chi connectivity index (χ0v) is 11.9. The lowest BCUT2D eigenvalue weighted by molar-refractivity contribution is -0.145. The monoisotopic (exact) mass is 292 g/mol. The molecule has 1 heterocycles. The Labute approximate surface area is 124 Å². The molecule has 0 amide bonds. The fourth-order valence-corrected chi connectivity index (χ4v) is 2.24. The first-order valence-electron chi connectivity index (χ1n) is 6.91. The number of hydrogen-bond acceptors (Lipinski definition) is 5. The molecule has 0 aromatic heterocycles. The van der Waals surface area contributed by atoms with Crippen LogP contribution in [0.3, 0.4) is 0 Å². The van der Waals surface area contributed by atoms with Gasteiger partial charge in [0.15, 0.2) is 5.60 Å². The lowest BCUT2D eigenvalue weighted by Gasteiger charge is -2.25. The quantitative estimate of drug-likeness (QED) is 0.574. The highest BCUT2D eigenvalue weighted by atomic mass is 16.6. The average molecular weight is 292 g/mol. The fraction of sp³-hybridized carbons (Fsp3) is 0.625. The van der Waals surface area contributed by atoms with E-state index in [2.05, 4.69) is 11.8 Å². The highest BCUT2D eigenvalue weighted by molar-refractivity contribution is 5.79. The van der Waals surface area contributed by atoms with Crippen LogP contribution in [0.25, 0.3) is 0 Å².